The Morgan fingerprint density at radius 1 is 1.21 bits per heavy atom. The van der Waals surface area contributed by atoms with E-state index >= 15 is 0 Å². The van der Waals surface area contributed by atoms with E-state index in [9.17, 15) is 4.79 Å². The molecule has 1 amide bonds. The van der Waals surface area contributed by atoms with Crippen LogP contribution in [0.4, 0.5) is 0 Å². The van der Waals surface area contributed by atoms with Crippen molar-refractivity contribution in [2.24, 2.45) is 0 Å². The van der Waals surface area contributed by atoms with E-state index in [0.717, 1.165) is 44.2 Å². The molecule has 3 atom stereocenters. The molecule has 0 spiro atoms. The summed E-state index contributed by atoms with van der Waals surface area (Å²) >= 11 is 0. The van der Waals surface area contributed by atoms with E-state index in [1.807, 2.05) is 35.2 Å². The largest absolute Gasteiger partial charge is 0.474 e. The Morgan fingerprint density at radius 2 is 2.07 bits per heavy atom. The van der Waals surface area contributed by atoms with Crippen molar-refractivity contribution in [2.75, 3.05) is 13.7 Å². The minimum Gasteiger partial charge on any atom is -0.474 e. The number of aryl methyl sites for hydroxylation is 1. The molecule has 0 unspecified atom stereocenters. The van der Waals surface area contributed by atoms with Crippen LogP contribution in [-0.2, 0) is 16.0 Å². The Balaban J connectivity index is 1.42. The standard InChI is InChI=1S/C22H27N3O3/c1-27-22-10-7-18(28-20-4-2-3-12-24-20)16-19(22)25(15-11-22)21(26)6-5-17-8-13-23-14-9-17/h2-4,8-9,12-14,18-19H,5-7,10-11,15-16H2,1H3/t18-,19+,22-/m1/s1. The smallest absolute Gasteiger partial charge is 0.223 e. The number of hydrogen-bond donors (Lipinski definition) is 0. The van der Waals surface area contributed by atoms with Gasteiger partial charge in [0.25, 0.3) is 0 Å². The molecule has 6 nitrogen and oxygen atoms in total. The Morgan fingerprint density at radius 3 is 2.82 bits per heavy atom. The lowest BCUT2D eigenvalue weighted by Gasteiger charge is -2.43. The molecule has 1 aliphatic heterocycles. The quantitative estimate of drug-likeness (QED) is 0.770. The van der Waals surface area contributed by atoms with Crippen molar-refractivity contribution in [2.45, 2.75) is 56.3 Å². The Labute approximate surface area is 165 Å². The molecule has 0 aromatic carbocycles. The van der Waals surface area contributed by atoms with Gasteiger partial charge in [0.15, 0.2) is 0 Å². The highest BCUT2D eigenvalue weighted by Crippen LogP contribution is 2.43. The van der Waals surface area contributed by atoms with Gasteiger partial charge in [0.1, 0.15) is 6.10 Å². The number of nitrogens with zero attached hydrogens (tertiary/aromatic N) is 3. The topological polar surface area (TPSA) is 64.6 Å². The zero-order chi connectivity index (χ0) is 19.4. The highest BCUT2D eigenvalue weighted by atomic mass is 16.5. The third-order valence-electron chi connectivity index (χ3n) is 6.16. The van der Waals surface area contributed by atoms with Crippen molar-refractivity contribution >= 4 is 5.91 Å². The fourth-order valence-corrected chi connectivity index (χ4v) is 4.60. The summed E-state index contributed by atoms with van der Waals surface area (Å²) in [6.45, 7) is 0.754. The van der Waals surface area contributed by atoms with Crippen LogP contribution >= 0.6 is 0 Å². The normalized spacial score (nSPS) is 26.7. The lowest BCUT2D eigenvalue weighted by molar-refractivity contribution is -0.139. The maximum atomic E-state index is 13.0. The Hall–Kier alpha value is -2.47. The third-order valence-corrected chi connectivity index (χ3v) is 6.16. The number of carbonyl (C=O) groups excluding carboxylic acids is 1. The second-order valence-electron chi connectivity index (χ2n) is 7.66. The first kappa shape index (κ1) is 18.9. The number of aromatic nitrogens is 2. The van der Waals surface area contributed by atoms with Crippen LogP contribution in [0.2, 0.25) is 0 Å². The van der Waals surface area contributed by atoms with Gasteiger partial charge in [-0.3, -0.25) is 9.78 Å². The summed E-state index contributed by atoms with van der Waals surface area (Å²) in [5, 5.41) is 0. The van der Waals surface area contributed by atoms with Crippen molar-refractivity contribution in [3.05, 3.63) is 54.5 Å². The maximum absolute atomic E-state index is 13.0. The molecule has 2 aromatic heterocycles. The molecule has 0 bridgehead atoms. The van der Waals surface area contributed by atoms with Gasteiger partial charge in [-0.1, -0.05) is 6.07 Å². The number of ether oxygens (including phenoxy) is 2. The summed E-state index contributed by atoms with van der Waals surface area (Å²) in [4.78, 5) is 23.3. The van der Waals surface area contributed by atoms with Crippen LogP contribution in [0.25, 0.3) is 0 Å². The van der Waals surface area contributed by atoms with Gasteiger partial charge in [-0.25, -0.2) is 4.98 Å². The minimum absolute atomic E-state index is 0.0526. The maximum Gasteiger partial charge on any atom is 0.223 e. The summed E-state index contributed by atoms with van der Waals surface area (Å²) in [6.07, 6.45) is 10.1. The van der Waals surface area contributed by atoms with E-state index in [1.165, 1.54) is 0 Å². The van der Waals surface area contributed by atoms with Crippen LogP contribution in [0.15, 0.2) is 48.9 Å². The van der Waals surface area contributed by atoms with Crippen LogP contribution in [0, 0.1) is 0 Å². The van der Waals surface area contributed by atoms with E-state index in [-0.39, 0.29) is 23.7 Å². The van der Waals surface area contributed by atoms with E-state index < -0.39 is 0 Å². The molecule has 1 saturated carbocycles. The van der Waals surface area contributed by atoms with Crippen molar-refractivity contribution in [3.63, 3.8) is 0 Å². The molecule has 28 heavy (non-hydrogen) atoms. The van der Waals surface area contributed by atoms with Crippen LogP contribution in [0.5, 0.6) is 5.88 Å². The second-order valence-corrected chi connectivity index (χ2v) is 7.66. The molecule has 4 rings (SSSR count). The number of amides is 1. The number of carbonyl (C=O) groups is 1. The molecule has 2 aromatic rings. The molecule has 2 aliphatic rings. The highest BCUT2D eigenvalue weighted by Gasteiger charge is 2.52. The van der Waals surface area contributed by atoms with Gasteiger partial charge < -0.3 is 14.4 Å². The Kier molecular flexibility index (Phi) is 5.57. The fraction of sp³-hybridized carbons (Fsp3) is 0.500. The van der Waals surface area contributed by atoms with Gasteiger partial charge in [0, 0.05) is 51.2 Å². The van der Waals surface area contributed by atoms with E-state index in [2.05, 4.69) is 9.97 Å². The minimum atomic E-state index is -0.240. The molecule has 1 aliphatic carbocycles. The number of fused-ring (bicyclic) bond motifs is 1. The molecule has 0 radical (unpaired) electrons. The number of pyridine rings is 2. The summed E-state index contributed by atoms with van der Waals surface area (Å²) in [5.41, 5.74) is 0.900. The summed E-state index contributed by atoms with van der Waals surface area (Å²) < 4.78 is 12.1. The van der Waals surface area contributed by atoms with Crippen molar-refractivity contribution in [1.82, 2.24) is 14.9 Å². The average Bonchev–Trinajstić information content (AvgIpc) is 3.13. The van der Waals surface area contributed by atoms with Crippen LogP contribution < -0.4 is 4.74 Å². The van der Waals surface area contributed by atoms with Crippen LogP contribution in [-0.4, -0.2) is 52.2 Å². The number of rotatable bonds is 6. The summed E-state index contributed by atoms with van der Waals surface area (Å²) in [6, 6.07) is 9.68. The van der Waals surface area contributed by atoms with Gasteiger partial charge in [-0.15, -0.1) is 0 Å². The zero-order valence-electron chi connectivity index (χ0n) is 16.3. The first-order valence-corrected chi connectivity index (χ1v) is 10.0. The molecular formula is C22H27N3O3. The van der Waals surface area contributed by atoms with Gasteiger partial charge in [-0.2, -0.15) is 0 Å². The van der Waals surface area contributed by atoms with Crippen molar-refractivity contribution < 1.29 is 14.3 Å². The fourth-order valence-electron chi connectivity index (χ4n) is 4.60. The molecule has 2 fully saturated rings. The first-order chi connectivity index (χ1) is 13.7. The molecule has 1 saturated heterocycles. The van der Waals surface area contributed by atoms with Gasteiger partial charge in [0.2, 0.25) is 11.8 Å². The van der Waals surface area contributed by atoms with Gasteiger partial charge >= 0.3 is 0 Å². The summed E-state index contributed by atoms with van der Waals surface area (Å²) in [7, 11) is 1.78. The monoisotopic (exact) mass is 381 g/mol. The summed E-state index contributed by atoms with van der Waals surface area (Å²) in [5.74, 6) is 0.838. The van der Waals surface area contributed by atoms with E-state index in [1.54, 1.807) is 25.7 Å². The molecular weight excluding hydrogens is 354 g/mol. The third kappa shape index (κ3) is 3.87. The zero-order valence-corrected chi connectivity index (χ0v) is 16.3. The predicted octanol–water partition coefficient (Wildman–Crippen LogP) is 3.03. The molecule has 0 N–H and O–H groups in total. The highest BCUT2D eigenvalue weighted by molar-refractivity contribution is 5.77. The molecule has 3 heterocycles. The van der Waals surface area contributed by atoms with E-state index in [0.29, 0.717) is 12.3 Å². The van der Waals surface area contributed by atoms with E-state index in [4.69, 9.17) is 9.47 Å². The van der Waals surface area contributed by atoms with Crippen LogP contribution in [0.3, 0.4) is 0 Å². The van der Waals surface area contributed by atoms with Gasteiger partial charge in [-0.05, 0) is 49.4 Å². The number of hydrogen-bond acceptors (Lipinski definition) is 5. The first-order valence-electron chi connectivity index (χ1n) is 10.0. The van der Waals surface area contributed by atoms with Gasteiger partial charge in [0.05, 0.1) is 11.6 Å². The molecule has 148 valence electrons. The predicted molar refractivity (Wildman–Crippen MR) is 105 cm³/mol. The van der Waals surface area contributed by atoms with Crippen LogP contribution in [0.1, 0.15) is 37.7 Å². The second kappa shape index (κ2) is 8.27. The van der Waals surface area contributed by atoms with Crippen molar-refractivity contribution in [3.8, 4) is 5.88 Å². The average molecular weight is 381 g/mol. The lowest BCUT2D eigenvalue weighted by Crippen LogP contribution is -2.53. The SMILES string of the molecule is CO[C@@]12CC[C@@H](Oc3ccccn3)C[C@@H]1N(C(=O)CCc1ccncc1)CC2. The Bertz CT molecular complexity index is 786. The lowest BCUT2D eigenvalue weighted by atomic mass is 9.79. The number of likely N-dealkylation sites (tertiary alicyclic amines) is 1. The number of methoxy groups -OCH3 is 1. The van der Waals surface area contributed by atoms with Crippen molar-refractivity contribution in [1.29, 1.82) is 0 Å². The molecule has 6 heteroatoms.